The summed E-state index contributed by atoms with van der Waals surface area (Å²) in [5, 5.41) is 5.18. The number of nitrogens with zero attached hydrogens (tertiary/aromatic N) is 2. The van der Waals surface area contributed by atoms with Crippen LogP contribution in [-0.2, 0) is 20.0 Å². The summed E-state index contributed by atoms with van der Waals surface area (Å²) in [6.45, 7) is 1.71. The van der Waals surface area contributed by atoms with Crippen molar-refractivity contribution in [3.63, 3.8) is 0 Å². The Morgan fingerprint density at radius 2 is 1.87 bits per heavy atom. The van der Waals surface area contributed by atoms with E-state index in [0.29, 0.717) is 18.4 Å². The van der Waals surface area contributed by atoms with Crippen molar-refractivity contribution < 1.29 is 26.4 Å². The van der Waals surface area contributed by atoms with Gasteiger partial charge in [0.15, 0.2) is 0 Å². The summed E-state index contributed by atoms with van der Waals surface area (Å²) in [6, 6.07) is 9.15. The molecule has 1 heterocycles. The molecule has 1 fully saturated rings. The number of nitrogens with two attached hydrogens (primary N) is 1. The quantitative estimate of drug-likeness (QED) is 0.713. The van der Waals surface area contributed by atoms with Gasteiger partial charge < -0.3 is 4.90 Å². The average Bonchev–Trinajstić information content (AvgIpc) is 3.53. The van der Waals surface area contributed by atoms with E-state index in [1.165, 1.54) is 48.3 Å². The molecule has 0 saturated heterocycles. The predicted octanol–water partition coefficient (Wildman–Crippen LogP) is 1.47. The minimum atomic E-state index is -3.98. The normalized spacial score (nSPS) is 18.5. The minimum Gasteiger partial charge on any atom is -0.335 e. The van der Waals surface area contributed by atoms with Gasteiger partial charge in [-0.05, 0) is 55.7 Å². The first kappa shape index (κ1) is 21.5. The van der Waals surface area contributed by atoms with Gasteiger partial charge in [-0.25, -0.2) is 26.3 Å². The smallest absolute Gasteiger partial charge is 0.269 e. The second-order valence-corrected chi connectivity index (χ2v) is 11.1. The molecule has 0 spiro atoms. The number of carbonyl (C=O) groups is 2. The molecule has 4 rings (SSSR count). The van der Waals surface area contributed by atoms with Gasteiger partial charge in [-0.15, -0.1) is 0 Å². The van der Waals surface area contributed by atoms with Crippen LogP contribution in [-0.4, -0.2) is 50.9 Å². The van der Waals surface area contributed by atoms with Crippen molar-refractivity contribution in [3.8, 4) is 0 Å². The maximum Gasteiger partial charge on any atom is 0.269 e. The standard InChI is InChI=1S/C20H21N3O6S2/c1-12(13-4-3-5-16(10-13)30(21,26)27)22(2)19(24)14-6-9-17-18(11-14)31(28,29)23(20(17)25)15-7-8-15/h3-6,9-12,15H,7-8H2,1-2H3,(H2,21,26,27)/t12-/m0/s1. The zero-order valence-corrected chi connectivity index (χ0v) is 18.5. The summed E-state index contributed by atoms with van der Waals surface area (Å²) in [7, 11) is -6.34. The number of rotatable bonds is 5. The maximum atomic E-state index is 13.1. The molecule has 31 heavy (non-hydrogen) atoms. The Bertz CT molecular complexity index is 1320. The van der Waals surface area contributed by atoms with Gasteiger partial charge in [-0.1, -0.05) is 12.1 Å². The molecule has 2 amide bonds. The molecule has 2 aliphatic rings. The number of fused-ring (bicyclic) bond motifs is 1. The topological polar surface area (TPSA) is 135 Å². The van der Waals surface area contributed by atoms with Crippen molar-refractivity contribution >= 4 is 31.9 Å². The molecule has 2 aromatic carbocycles. The van der Waals surface area contributed by atoms with Crippen molar-refractivity contribution in [1.29, 1.82) is 0 Å². The number of amides is 2. The van der Waals surface area contributed by atoms with Gasteiger partial charge in [0.25, 0.3) is 21.8 Å². The second-order valence-electron chi connectivity index (χ2n) is 7.76. The number of sulfonamides is 2. The van der Waals surface area contributed by atoms with E-state index in [1.807, 2.05) is 0 Å². The van der Waals surface area contributed by atoms with Gasteiger partial charge in [0.1, 0.15) is 4.90 Å². The summed E-state index contributed by atoms with van der Waals surface area (Å²) in [6.07, 6.45) is 1.28. The average molecular weight is 464 g/mol. The molecule has 0 aromatic heterocycles. The third-order valence-electron chi connectivity index (χ3n) is 5.64. The number of carbonyl (C=O) groups excluding carboxylic acids is 2. The fourth-order valence-electron chi connectivity index (χ4n) is 3.60. The highest BCUT2D eigenvalue weighted by molar-refractivity contribution is 7.90. The Hall–Kier alpha value is -2.76. The predicted molar refractivity (Wildman–Crippen MR) is 111 cm³/mol. The highest BCUT2D eigenvalue weighted by Gasteiger charge is 2.48. The SMILES string of the molecule is C[C@@H](c1cccc(S(N)(=O)=O)c1)N(C)C(=O)c1ccc2c(c1)S(=O)(=O)N(C1CC1)C2=O. The second kappa shape index (κ2) is 7.14. The fourth-order valence-corrected chi connectivity index (χ4v) is 6.01. The lowest BCUT2D eigenvalue weighted by Crippen LogP contribution is -2.32. The molecular formula is C20H21N3O6S2. The molecular weight excluding hydrogens is 442 g/mol. The number of primary sulfonamides is 1. The van der Waals surface area contributed by atoms with Crippen LogP contribution in [0.1, 0.15) is 52.1 Å². The van der Waals surface area contributed by atoms with E-state index in [4.69, 9.17) is 5.14 Å². The Morgan fingerprint density at radius 1 is 1.19 bits per heavy atom. The van der Waals surface area contributed by atoms with Crippen LogP contribution in [0.2, 0.25) is 0 Å². The van der Waals surface area contributed by atoms with Gasteiger partial charge in [-0.3, -0.25) is 9.59 Å². The van der Waals surface area contributed by atoms with Crippen molar-refractivity contribution in [3.05, 3.63) is 59.2 Å². The van der Waals surface area contributed by atoms with E-state index in [9.17, 15) is 26.4 Å². The van der Waals surface area contributed by atoms with Crippen molar-refractivity contribution in [2.24, 2.45) is 5.14 Å². The summed E-state index contributed by atoms with van der Waals surface area (Å²) < 4.78 is 49.8. The first-order chi connectivity index (χ1) is 14.4. The first-order valence-electron chi connectivity index (χ1n) is 9.55. The summed E-state index contributed by atoms with van der Waals surface area (Å²) in [5.74, 6) is -1.03. The van der Waals surface area contributed by atoms with Gasteiger partial charge in [0, 0.05) is 18.7 Å². The third kappa shape index (κ3) is 3.62. The molecule has 1 aliphatic carbocycles. The molecule has 0 unspecified atom stereocenters. The lowest BCUT2D eigenvalue weighted by molar-refractivity contribution is 0.0741. The number of benzene rings is 2. The first-order valence-corrected chi connectivity index (χ1v) is 12.5. The van der Waals surface area contributed by atoms with Crippen LogP contribution in [0.5, 0.6) is 0 Å². The number of hydrogen-bond acceptors (Lipinski definition) is 6. The molecule has 9 nitrogen and oxygen atoms in total. The third-order valence-corrected chi connectivity index (χ3v) is 8.43. The summed E-state index contributed by atoms with van der Waals surface area (Å²) in [5.41, 5.74) is 0.732. The van der Waals surface area contributed by atoms with Gasteiger partial charge in [0.2, 0.25) is 10.0 Å². The monoisotopic (exact) mass is 463 g/mol. The van der Waals surface area contributed by atoms with Crippen LogP contribution in [0.25, 0.3) is 0 Å². The van der Waals surface area contributed by atoms with Crippen molar-refractivity contribution in [2.45, 2.75) is 41.6 Å². The molecule has 2 N–H and O–H groups in total. The lowest BCUT2D eigenvalue weighted by atomic mass is 10.1. The fraction of sp³-hybridized carbons (Fsp3) is 0.300. The molecule has 2 aromatic rings. The van der Waals surface area contributed by atoms with E-state index < -0.39 is 37.9 Å². The van der Waals surface area contributed by atoms with Gasteiger partial charge in [0.05, 0.1) is 16.5 Å². The van der Waals surface area contributed by atoms with Crippen LogP contribution in [0.4, 0.5) is 0 Å². The largest absolute Gasteiger partial charge is 0.335 e. The summed E-state index contributed by atoms with van der Waals surface area (Å²) >= 11 is 0. The maximum absolute atomic E-state index is 13.1. The van der Waals surface area contributed by atoms with E-state index in [1.54, 1.807) is 13.0 Å². The van der Waals surface area contributed by atoms with Crippen molar-refractivity contribution in [1.82, 2.24) is 9.21 Å². The molecule has 164 valence electrons. The minimum absolute atomic E-state index is 0.0694. The van der Waals surface area contributed by atoms with E-state index in [-0.39, 0.29) is 27.0 Å². The Labute approximate surface area is 180 Å². The van der Waals surface area contributed by atoms with Crippen LogP contribution in [0.15, 0.2) is 52.3 Å². The van der Waals surface area contributed by atoms with Crippen molar-refractivity contribution in [2.75, 3.05) is 7.05 Å². The van der Waals surface area contributed by atoms with Crippen LogP contribution >= 0.6 is 0 Å². The molecule has 1 saturated carbocycles. The van der Waals surface area contributed by atoms with Gasteiger partial charge >= 0.3 is 0 Å². The Kier molecular flexibility index (Phi) is 4.95. The number of hydrogen-bond donors (Lipinski definition) is 1. The summed E-state index contributed by atoms with van der Waals surface area (Å²) in [4.78, 5) is 26.7. The highest BCUT2D eigenvalue weighted by Crippen LogP contribution is 2.40. The molecule has 11 heteroatoms. The molecule has 1 aliphatic heterocycles. The van der Waals surface area contributed by atoms with Crippen LogP contribution in [0, 0.1) is 0 Å². The van der Waals surface area contributed by atoms with E-state index in [2.05, 4.69) is 0 Å². The van der Waals surface area contributed by atoms with Crippen LogP contribution < -0.4 is 5.14 Å². The Morgan fingerprint density at radius 3 is 2.48 bits per heavy atom. The van der Waals surface area contributed by atoms with E-state index >= 15 is 0 Å². The molecule has 1 atom stereocenters. The highest BCUT2D eigenvalue weighted by atomic mass is 32.2. The van der Waals surface area contributed by atoms with E-state index in [0.717, 1.165) is 4.31 Å². The lowest BCUT2D eigenvalue weighted by Gasteiger charge is -2.26. The van der Waals surface area contributed by atoms with Crippen LogP contribution in [0.3, 0.4) is 0 Å². The Balaban J connectivity index is 1.64. The zero-order chi connectivity index (χ0) is 22.7. The molecule has 0 radical (unpaired) electrons. The molecule has 0 bridgehead atoms. The zero-order valence-electron chi connectivity index (χ0n) is 16.8. The van der Waals surface area contributed by atoms with Gasteiger partial charge in [-0.2, -0.15) is 0 Å².